The first-order valence-corrected chi connectivity index (χ1v) is 6.16. The molecule has 0 bridgehead atoms. The molecule has 0 atom stereocenters. The third kappa shape index (κ3) is 3.15. The summed E-state index contributed by atoms with van der Waals surface area (Å²) < 4.78 is 0. The van der Waals surface area contributed by atoms with Gasteiger partial charge in [-0.25, -0.2) is 4.98 Å². The van der Waals surface area contributed by atoms with Crippen molar-refractivity contribution in [1.82, 2.24) is 15.3 Å². The molecule has 2 N–H and O–H groups in total. The smallest absolute Gasteiger partial charge is 0.271 e. The lowest BCUT2D eigenvalue weighted by Crippen LogP contribution is -2.33. The van der Waals surface area contributed by atoms with Crippen molar-refractivity contribution in [3.8, 4) is 0 Å². The zero-order valence-corrected chi connectivity index (χ0v) is 10.1. The van der Waals surface area contributed by atoms with E-state index in [4.69, 9.17) is 0 Å². The van der Waals surface area contributed by atoms with E-state index in [1.165, 1.54) is 19.0 Å². The Morgan fingerprint density at radius 3 is 2.88 bits per heavy atom. The van der Waals surface area contributed by atoms with Crippen LogP contribution in [-0.4, -0.2) is 28.5 Å². The predicted octanol–water partition coefficient (Wildman–Crippen LogP) is 1.58. The molecular formula is C12H18N4O. The van der Waals surface area contributed by atoms with Crippen LogP contribution in [-0.2, 0) is 0 Å². The van der Waals surface area contributed by atoms with Crippen molar-refractivity contribution in [2.75, 3.05) is 11.9 Å². The molecule has 92 valence electrons. The van der Waals surface area contributed by atoms with Gasteiger partial charge < -0.3 is 10.6 Å². The summed E-state index contributed by atoms with van der Waals surface area (Å²) in [5, 5.41) is 6.04. The maximum Gasteiger partial charge on any atom is 0.271 e. The number of hydrogen-bond donors (Lipinski definition) is 2. The molecule has 1 aromatic heterocycles. The minimum atomic E-state index is -0.121. The molecule has 1 amide bonds. The third-order valence-corrected chi connectivity index (χ3v) is 2.92. The van der Waals surface area contributed by atoms with E-state index in [9.17, 15) is 4.79 Å². The Kier molecular flexibility index (Phi) is 3.90. The highest BCUT2D eigenvalue weighted by Gasteiger charge is 2.18. The Balaban J connectivity index is 1.99. The van der Waals surface area contributed by atoms with Gasteiger partial charge >= 0.3 is 0 Å². The van der Waals surface area contributed by atoms with E-state index >= 15 is 0 Å². The first-order valence-electron chi connectivity index (χ1n) is 6.16. The molecule has 0 aromatic carbocycles. The molecule has 5 nitrogen and oxygen atoms in total. The molecule has 2 rings (SSSR count). The van der Waals surface area contributed by atoms with Gasteiger partial charge in [0, 0.05) is 12.6 Å². The lowest BCUT2D eigenvalue weighted by molar-refractivity contribution is 0.0932. The van der Waals surface area contributed by atoms with Crippen LogP contribution in [0.5, 0.6) is 0 Å². The third-order valence-electron chi connectivity index (χ3n) is 2.92. The molecule has 0 unspecified atom stereocenters. The van der Waals surface area contributed by atoms with Gasteiger partial charge in [-0.2, -0.15) is 0 Å². The lowest BCUT2D eigenvalue weighted by atomic mass is 10.2. The first-order chi connectivity index (χ1) is 8.29. The summed E-state index contributed by atoms with van der Waals surface area (Å²) in [7, 11) is 0. The van der Waals surface area contributed by atoms with E-state index < -0.39 is 0 Å². The minimum Gasteiger partial charge on any atom is -0.369 e. The van der Waals surface area contributed by atoms with Crippen LogP contribution in [0.2, 0.25) is 0 Å². The highest BCUT2D eigenvalue weighted by Crippen LogP contribution is 2.17. The van der Waals surface area contributed by atoms with Gasteiger partial charge in [0.1, 0.15) is 11.5 Å². The normalized spacial score (nSPS) is 15.8. The number of carbonyl (C=O) groups is 1. The number of rotatable bonds is 4. The highest BCUT2D eigenvalue weighted by atomic mass is 16.1. The van der Waals surface area contributed by atoms with Crippen LogP contribution >= 0.6 is 0 Å². The zero-order chi connectivity index (χ0) is 12.1. The number of nitrogens with zero attached hydrogens (tertiary/aromatic N) is 2. The fourth-order valence-electron chi connectivity index (χ4n) is 2.07. The molecule has 1 saturated carbocycles. The molecule has 0 radical (unpaired) electrons. The molecule has 5 heteroatoms. The van der Waals surface area contributed by atoms with Crippen molar-refractivity contribution in [2.45, 2.75) is 38.6 Å². The van der Waals surface area contributed by atoms with Gasteiger partial charge in [0.2, 0.25) is 0 Å². The van der Waals surface area contributed by atoms with Gasteiger partial charge in [-0.3, -0.25) is 9.78 Å². The standard InChI is InChI=1S/C12H18N4O/c1-2-14-11-8-13-7-10(16-11)12(17)15-9-5-3-4-6-9/h7-9H,2-6H2,1H3,(H,14,16)(H,15,17). The average molecular weight is 234 g/mol. The van der Waals surface area contributed by atoms with Crippen LogP contribution in [0.3, 0.4) is 0 Å². The Morgan fingerprint density at radius 1 is 1.41 bits per heavy atom. The number of hydrogen-bond acceptors (Lipinski definition) is 4. The van der Waals surface area contributed by atoms with Crippen LogP contribution in [0.1, 0.15) is 43.1 Å². The molecule has 1 aromatic rings. The van der Waals surface area contributed by atoms with Gasteiger partial charge in [0.25, 0.3) is 5.91 Å². The monoisotopic (exact) mass is 234 g/mol. The molecule has 0 aliphatic heterocycles. The highest BCUT2D eigenvalue weighted by molar-refractivity contribution is 5.92. The van der Waals surface area contributed by atoms with E-state index in [1.54, 1.807) is 6.20 Å². The number of carbonyl (C=O) groups excluding carboxylic acids is 1. The first kappa shape index (κ1) is 11.8. The fourth-order valence-corrected chi connectivity index (χ4v) is 2.07. The second-order valence-electron chi connectivity index (χ2n) is 4.27. The maximum atomic E-state index is 11.9. The van der Waals surface area contributed by atoms with E-state index in [2.05, 4.69) is 20.6 Å². The summed E-state index contributed by atoms with van der Waals surface area (Å²) in [6, 6.07) is 0.312. The maximum absolute atomic E-state index is 11.9. The molecule has 1 fully saturated rings. The van der Waals surface area contributed by atoms with Crippen LogP contribution in [0, 0.1) is 0 Å². The van der Waals surface area contributed by atoms with Crippen molar-refractivity contribution < 1.29 is 4.79 Å². The lowest BCUT2D eigenvalue weighted by Gasteiger charge is -2.11. The van der Waals surface area contributed by atoms with Gasteiger partial charge in [-0.05, 0) is 19.8 Å². The summed E-state index contributed by atoms with van der Waals surface area (Å²) in [6.07, 6.45) is 7.68. The van der Waals surface area contributed by atoms with E-state index in [1.807, 2.05) is 6.92 Å². The van der Waals surface area contributed by atoms with Crippen molar-refractivity contribution in [3.63, 3.8) is 0 Å². The molecule has 1 aliphatic rings. The Hall–Kier alpha value is -1.65. The Labute approximate surface area is 101 Å². The number of amides is 1. The predicted molar refractivity (Wildman–Crippen MR) is 65.9 cm³/mol. The van der Waals surface area contributed by atoms with E-state index in [0.29, 0.717) is 17.6 Å². The molecular weight excluding hydrogens is 216 g/mol. The SMILES string of the molecule is CCNc1cncc(C(=O)NC2CCCC2)n1. The molecule has 0 spiro atoms. The van der Waals surface area contributed by atoms with E-state index in [0.717, 1.165) is 19.4 Å². The minimum absolute atomic E-state index is 0.121. The van der Waals surface area contributed by atoms with Crippen LogP contribution in [0.15, 0.2) is 12.4 Å². The number of anilines is 1. The topological polar surface area (TPSA) is 66.9 Å². The van der Waals surface area contributed by atoms with Crippen LogP contribution in [0.25, 0.3) is 0 Å². The summed E-state index contributed by atoms with van der Waals surface area (Å²) in [6.45, 7) is 2.75. The van der Waals surface area contributed by atoms with Gasteiger partial charge in [-0.15, -0.1) is 0 Å². The average Bonchev–Trinajstić information content (AvgIpc) is 2.83. The van der Waals surface area contributed by atoms with Crippen LogP contribution in [0.4, 0.5) is 5.82 Å². The zero-order valence-electron chi connectivity index (χ0n) is 10.1. The van der Waals surface area contributed by atoms with Crippen molar-refractivity contribution in [2.24, 2.45) is 0 Å². The van der Waals surface area contributed by atoms with Crippen molar-refractivity contribution in [3.05, 3.63) is 18.1 Å². The second kappa shape index (κ2) is 5.61. The van der Waals surface area contributed by atoms with Crippen LogP contribution < -0.4 is 10.6 Å². The second-order valence-corrected chi connectivity index (χ2v) is 4.27. The molecule has 1 heterocycles. The summed E-state index contributed by atoms with van der Waals surface area (Å²) in [5.41, 5.74) is 0.385. The number of nitrogens with one attached hydrogen (secondary N) is 2. The summed E-state index contributed by atoms with van der Waals surface area (Å²) >= 11 is 0. The quantitative estimate of drug-likeness (QED) is 0.830. The van der Waals surface area contributed by atoms with Gasteiger partial charge in [0.05, 0.1) is 12.4 Å². The fraction of sp³-hybridized carbons (Fsp3) is 0.583. The van der Waals surface area contributed by atoms with Gasteiger partial charge in [0.15, 0.2) is 0 Å². The van der Waals surface area contributed by atoms with Crippen molar-refractivity contribution in [1.29, 1.82) is 0 Å². The Bertz CT molecular complexity index is 388. The van der Waals surface area contributed by atoms with Gasteiger partial charge in [-0.1, -0.05) is 12.8 Å². The number of aromatic nitrogens is 2. The summed E-state index contributed by atoms with van der Waals surface area (Å²) in [5.74, 6) is 0.524. The largest absolute Gasteiger partial charge is 0.369 e. The molecule has 0 saturated heterocycles. The summed E-state index contributed by atoms with van der Waals surface area (Å²) in [4.78, 5) is 20.1. The molecule has 1 aliphatic carbocycles. The van der Waals surface area contributed by atoms with E-state index in [-0.39, 0.29) is 5.91 Å². The Morgan fingerprint density at radius 2 is 2.18 bits per heavy atom. The molecule has 17 heavy (non-hydrogen) atoms. The van der Waals surface area contributed by atoms with Crippen molar-refractivity contribution >= 4 is 11.7 Å².